The molecule has 29 heavy (non-hydrogen) atoms. The van der Waals surface area contributed by atoms with E-state index in [0.29, 0.717) is 5.75 Å². The number of amides is 1. The number of thioether (sulfide) groups is 1. The fraction of sp³-hybridized carbons (Fsp3) is 0.125. The lowest BCUT2D eigenvalue weighted by Gasteiger charge is -2.19. The Morgan fingerprint density at radius 2 is 1.55 bits per heavy atom. The SMILES string of the molecule is O=C(CSc1ncnc2ccccc12)N[C@H](Cc1ccccc1)c1ccccc1. The van der Waals surface area contributed by atoms with Crippen LogP contribution in [0.5, 0.6) is 0 Å². The van der Waals surface area contributed by atoms with Gasteiger partial charge in [0.1, 0.15) is 11.4 Å². The molecule has 0 fully saturated rings. The van der Waals surface area contributed by atoms with Gasteiger partial charge in [0.15, 0.2) is 0 Å². The topological polar surface area (TPSA) is 54.9 Å². The third-order valence-electron chi connectivity index (χ3n) is 4.67. The van der Waals surface area contributed by atoms with Crippen molar-refractivity contribution in [3.8, 4) is 0 Å². The predicted octanol–water partition coefficient (Wildman–Crippen LogP) is 4.82. The molecule has 0 saturated carbocycles. The Kier molecular flexibility index (Phi) is 6.17. The molecule has 0 aliphatic carbocycles. The molecule has 1 atom stereocenters. The fourth-order valence-corrected chi connectivity index (χ4v) is 4.05. The summed E-state index contributed by atoms with van der Waals surface area (Å²) in [5.41, 5.74) is 3.18. The predicted molar refractivity (Wildman–Crippen MR) is 118 cm³/mol. The van der Waals surface area contributed by atoms with E-state index >= 15 is 0 Å². The van der Waals surface area contributed by atoms with Crippen molar-refractivity contribution in [2.75, 3.05) is 5.75 Å². The number of para-hydroxylation sites is 1. The van der Waals surface area contributed by atoms with Crippen LogP contribution in [-0.4, -0.2) is 21.6 Å². The van der Waals surface area contributed by atoms with Crippen molar-refractivity contribution in [3.63, 3.8) is 0 Å². The standard InChI is InChI=1S/C24H21N3OS/c28-23(16-29-24-20-13-7-8-14-21(20)25-17-26-24)27-22(19-11-5-2-6-12-19)15-18-9-3-1-4-10-18/h1-14,17,22H,15-16H2,(H,27,28)/t22-/m1/s1. The van der Waals surface area contributed by atoms with E-state index in [2.05, 4.69) is 39.6 Å². The van der Waals surface area contributed by atoms with E-state index in [9.17, 15) is 4.79 Å². The Hall–Kier alpha value is -3.18. The lowest BCUT2D eigenvalue weighted by Crippen LogP contribution is -2.31. The number of nitrogens with one attached hydrogen (secondary N) is 1. The van der Waals surface area contributed by atoms with Crippen molar-refractivity contribution in [1.82, 2.24) is 15.3 Å². The molecule has 0 spiro atoms. The van der Waals surface area contributed by atoms with Crippen LogP contribution in [0.25, 0.3) is 10.9 Å². The molecule has 3 aromatic carbocycles. The van der Waals surface area contributed by atoms with Crippen LogP contribution in [0.2, 0.25) is 0 Å². The minimum atomic E-state index is -0.0751. The Labute approximate surface area is 174 Å². The second-order valence-corrected chi connectivity index (χ2v) is 7.67. The molecule has 144 valence electrons. The van der Waals surface area contributed by atoms with Crippen molar-refractivity contribution in [2.24, 2.45) is 0 Å². The van der Waals surface area contributed by atoms with Crippen molar-refractivity contribution in [3.05, 3.63) is 102 Å². The van der Waals surface area contributed by atoms with E-state index in [1.165, 1.54) is 17.3 Å². The third kappa shape index (κ3) is 5.00. The lowest BCUT2D eigenvalue weighted by molar-refractivity contribution is -0.119. The first kappa shape index (κ1) is 19.2. The van der Waals surface area contributed by atoms with E-state index < -0.39 is 0 Å². The zero-order valence-corrected chi connectivity index (χ0v) is 16.7. The average molecular weight is 400 g/mol. The van der Waals surface area contributed by atoms with Gasteiger partial charge in [-0.3, -0.25) is 4.79 Å². The summed E-state index contributed by atoms with van der Waals surface area (Å²) in [6.07, 6.45) is 2.29. The highest BCUT2D eigenvalue weighted by atomic mass is 32.2. The van der Waals surface area contributed by atoms with Gasteiger partial charge in [0, 0.05) is 5.39 Å². The van der Waals surface area contributed by atoms with Crippen LogP contribution in [0.4, 0.5) is 0 Å². The Bertz CT molecular complexity index is 1080. The second kappa shape index (κ2) is 9.34. The summed E-state index contributed by atoms with van der Waals surface area (Å²) in [6.45, 7) is 0. The summed E-state index contributed by atoms with van der Waals surface area (Å²) < 4.78 is 0. The molecule has 1 aromatic heterocycles. The number of carbonyl (C=O) groups is 1. The van der Waals surface area contributed by atoms with Crippen LogP contribution >= 0.6 is 11.8 Å². The maximum absolute atomic E-state index is 12.8. The van der Waals surface area contributed by atoms with E-state index in [1.807, 2.05) is 60.7 Å². The molecule has 4 nitrogen and oxygen atoms in total. The smallest absolute Gasteiger partial charge is 0.230 e. The molecule has 1 amide bonds. The van der Waals surface area contributed by atoms with Crippen LogP contribution in [0.15, 0.2) is 96.3 Å². The molecule has 1 heterocycles. The minimum absolute atomic E-state index is 0.0116. The number of hydrogen-bond donors (Lipinski definition) is 1. The second-order valence-electron chi connectivity index (χ2n) is 6.71. The normalized spacial score (nSPS) is 11.9. The van der Waals surface area contributed by atoms with Crippen molar-refractivity contribution in [1.29, 1.82) is 0 Å². The Morgan fingerprint density at radius 1 is 0.862 bits per heavy atom. The molecule has 0 saturated heterocycles. The van der Waals surface area contributed by atoms with Crippen molar-refractivity contribution < 1.29 is 4.79 Å². The molecule has 0 bridgehead atoms. The van der Waals surface area contributed by atoms with Gasteiger partial charge in [-0.15, -0.1) is 0 Å². The minimum Gasteiger partial charge on any atom is -0.348 e. The molecule has 5 heteroatoms. The van der Waals surface area contributed by atoms with Gasteiger partial charge in [-0.1, -0.05) is 90.6 Å². The Balaban J connectivity index is 1.46. The molecule has 0 aliphatic rings. The first-order valence-corrected chi connectivity index (χ1v) is 10.5. The van der Waals surface area contributed by atoms with Gasteiger partial charge in [0.2, 0.25) is 5.91 Å². The zero-order chi connectivity index (χ0) is 19.9. The number of rotatable bonds is 7. The van der Waals surface area contributed by atoms with Crippen LogP contribution in [0, 0.1) is 0 Å². The maximum atomic E-state index is 12.8. The van der Waals surface area contributed by atoms with Crippen LogP contribution < -0.4 is 5.32 Å². The summed E-state index contributed by atoms with van der Waals surface area (Å²) in [5.74, 6) is 0.293. The highest BCUT2D eigenvalue weighted by Crippen LogP contribution is 2.24. The molecule has 4 aromatic rings. The highest BCUT2D eigenvalue weighted by Gasteiger charge is 2.16. The van der Waals surface area contributed by atoms with Gasteiger partial charge < -0.3 is 5.32 Å². The number of carbonyl (C=O) groups excluding carboxylic acids is 1. The van der Waals surface area contributed by atoms with Crippen molar-refractivity contribution in [2.45, 2.75) is 17.5 Å². The van der Waals surface area contributed by atoms with E-state index in [4.69, 9.17) is 0 Å². The van der Waals surface area contributed by atoms with Crippen molar-refractivity contribution >= 4 is 28.6 Å². The number of hydrogen-bond acceptors (Lipinski definition) is 4. The number of nitrogens with zero attached hydrogens (tertiary/aromatic N) is 2. The van der Waals surface area contributed by atoms with Gasteiger partial charge >= 0.3 is 0 Å². The van der Waals surface area contributed by atoms with Gasteiger partial charge in [-0.2, -0.15) is 0 Å². The summed E-state index contributed by atoms with van der Waals surface area (Å²) in [7, 11) is 0. The number of aromatic nitrogens is 2. The first-order valence-electron chi connectivity index (χ1n) is 9.50. The molecule has 0 unspecified atom stereocenters. The molecule has 0 radical (unpaired) electrons. The van der Waals surface area contributed by atoms with Crippen LogP contribution in [-0.2, 0) is 11.2 Å². The zero-order valence-electron chi connectivity index (χ0n) is 15.9. The molecule has 0 aliphatic heterocycles. The molecular weight excluding hydrogens is 378 g/mol. The van der Waals surface area contributed by atoms with E-state index in [-0.39, 0.29) is 11.9 Å². The van der Waals surface area contributed by atoms with Crippen LogP contribution in [0.3, 0.4) is 0 Å². The molecule has 4 rings (SSSR count). The van der Waals surface area contributed by atoms with E-state index in [1.54, 1.807) is 6.33 Å². The first-order chi connectivity index (χ1) is 14.3. The molecular formula is C24H21N3OS. The summed E-state index contributed by atoms with van der Waals surface area (Å²) in [5, 5.41) is 4.99. The Morgan fingerprint density at radius 3 is 2.34 bits per heavy atom. The lowest BCUT2D eigenvalue weighted by atomic mass is 9.99. The monoisotopic (exact) mass is 399 g/mol. The summed E-state index contributed by atoms with van der Waals surface area (Å²) >= 11 is 1.44. The largest absolute Gasteiger partial charge is 0.348 e. The van der Waals surface area contributed by atoms with Gasteiger partial charge in [0.05, 0.1) is 17.3 Å². The average Bonchev–Trinajstić information content (AvgIpc) is 2.78. The quantitative estimate of drug-likeness (QED) is 0.357. The van der Waals surface area contributed by atoms with Gasteiger partial charge in [-0.25, -0.2) is 9.97 Å². The summed E-state index contributed by atoms with van der Waals surface area (Å²) in [4.78, 5) is 21.4. The van der Waals surface area contributed by atoms with Gasteiger partial charge in [-0.05, 0) is 23.6 Å². The maximum Gasteiger partial charge on any atom is 0.230 e. The fourth-order valence-electron chi connectivity index (χ4n) is 3.25. The van der Waals surface area contributed by atoms with Gasteiger partial charge in [0.25, 0.3) is 0 Å². The molecule has 1 N–H and O–H groups in total. The number of fused-ring (bicyclic) bond motifs is 1. The highest BCUT2D eigenvalue weighted by molar-refractivity contribution is 8.00. The van der Waals surface area contributed by atoms with Crippen LogP contribution in [0.1, 0.15) is 17.2 Å². The van der Waals surface area contributed by atoms with E-state index in [0.717, 1.165) is 27.9 Å². The number of benzene rings is 3. The third-order valence-corrected chi connectivity index (χ3v) is 5.67. The summed E-state index contributed by atoms with van der Waals surface area (Å²) in [6, 6.07) is 28.1.